The van der Waals surface area contributed by atoms with E-state index in [1.807, 2.05) is 30.3 Å². The number of rotatable bonds is 5. The lowest BCUT2D eigenvalue weighted by molar-refractivity contribution is 0.102. The van der Waals surface area contributed by atoms with Gasteiger partial charge in [0, 0.05) is 36.9 Å². The molecule has 0 unspecified atom stereocenters. The van der Waals surface area contributed by atoms with Crippen LogP contribution >= 0.6 is 0 Å². The van der Waals surface area contributed by atoms with Crippen LogP contribution < -0.4 is 5.32 Å². The lowest BCUT2D eigenvalue weighted by atomic mass is 10.1. The lowest BCUT2D eigenvalue weighted by Gasteiger charge is -2.05. The molecule has 0 atom stereocenters. The summed E-state index contributed by atoms with van der Waals surface area (Å²) in [6, 6.07) is 16.3. The van der Waals surface area contributed by atoms with Gasteiger partial charge in [-0.25, -0.2) is 9.67 Å². The zero-order valence-corrected chi connectivity index (χ0v) is 15.1. The Morgan fingerprint density at radius 3 is 2.39 bits per heavy atom. The number of carbonyl (C=O) groups is 2. The molecule has 2 aromatic carbocycles. The third kappa shape index (κ3) is 3.45. The highest BCUT2D eigenvalue weighted by molar-refractivity contribution is 6.07. The monoisotopic (exact) mass is 371 g/mol. The van der Waals surface area contributed by atoms with Crippen molar-refractivity contribution in [2.24, 2.45) is 7.05 Å². The summed E-state index contributed by atoms with van der Waals surface area (Å²) in [7, 11) is 1.77. The predicted molar refractivity (Wildman–Crippen MR) is 105 cm³/mol. The summed E-state index contributed by atoms with van der Waals surface area (Å²) >= 11 is 0. The number of benzene rings is 2. The van der Waals surface area contributed by atoms with Crippen molar-refractivity contribution in [3.05, 3.63) is 96.3 Å². The van der Waals surface area contributed by atoms with Gasteiger partial charge in [-0.05, 0) is 36.4 Å². The Bertz CT molecular complexity index is 1130. The number of hydrogen-bond acceptors (Lipinski definition) is 4. The van der Waals surface area contributed by atoms with Crippen molar-refractivity contribution in [3.63, 3.8) is 0 Å². The van der Waals surface area contributed by atoms with E-state index in [0.717, 1.165) is 5.69 Å². The molecule has 0 fully saturated rings. The van der Waals surface area contributed by atoms with Gasteiger partial charge in [0.25, 0.3) is 5.91 Å². The van der Waals surface area contributed by atoms with Gasteiger partial charge >= 0.3 is 0 Å². The zero-order valence-electron chi connectivity index (χ0n) is 15.1. The van der Waals surface area contributed by atoms with Crippen LogP contribution in [0.25, 0.3) is 5.69 Å². The highest BCUT2D eigenvalue weighted by atomic mass is 16.1. The number of ketones is 1. The summed E-state index contributed by atoms with van der Waals surface area (Å²) in [5, 5.41) is 7.04. The maximum absolute atomic E-state index is 12.5. The summed E-state index contributed by atoms with van der Waals surface area (Å²) in [6.45, 7) is 0. The van der Waals surface area contributed by atoms with Crippen LogP contribution in [-0.4, -0.2) is 31.0 Å². The van der Waals surface area contributed by atoms with Gasteiger partial charge in [-0.1, -0.05) is 18.2 Å². The van der Waals surface area contributed by atoms with Gasteiger partial charge in [0.15, 0.2) is 5.82 Å². The highest BCUT2D eigenvalue weighted by Gasteiger charge is 2.14. The third-order valence-electron chi connectivity index (χ3n) is 4.29. The molecule has 0 radical (unpaired) electrons. The normalized spacial score (nSPS) is 10.6. The van der Waals surface area contributed by atoms with E-state index < -0.39 is 0 Å². The summed E-state index contributed by atoms with van der Waals surface area (Å²) in [4.78, 5) is 29.0. The van der Waals surface area contributed by atoms with E-state index in [1.165, 1.54) is 6.20 Å². The van der Waals surface area contributed by atoms with Crippen molar-refractivity contribution in [1.29, 1.82) is 0 Å². The number of aromatic nitrogens is 4. The highest BCUT2D eigenvalue weighted by Crippen LogP contribution is 2.15. The molecule has 0 saturated heterocycles. The predicted octanol–water partition coefficient (Wildman–Crippen LogP) is 3.09. The lowest BCUT2D eigenvalue weighted by Crippen LogP contribution is -2.12. The number of amides is 1. The number of nitrogens with zero attached hydrogens (tertiary/aromatic N) is 4. The van der Waals surface area contributed by atoms with Gasteiger partial charge in [-0.2, -0.15) is 5.10 Å². The van der Waals surface area contributed by atoms with Gasteiger partial charge in [-0.3, -0.25) is 9.59 Å². The molecule has 0 aliphatic rings. The van der Waals surface area contributed by atoms with Crippen molar-refractivity contribution in [3.8, 4) is 5.69 Å². The van der Waals surface area contributed by atoms with E-state index in [9.17, 15) is 9.59 Å². The van der Waals surface area contributed by atoms with Crippen molar-refractivity contribution in [2.75, 3.05) is 5.32 Å². The smallest absolute Gasteiger partial charge is 0.258 e. The van der Waals surface area contributed by atoms with E-state index in [1.54, 1.807) is 59.2 Å². The van der Waals surface area contributed by atoms with Gasteiger partial charge in [0.2, 0.25) is 5.78 Å². The van der Waals surface area contributed by atoms with E-state index in [-0.39, 0.29) is 11.7 Å². The quantitative estimate of drug-likeness (QED) is 0.547. The number of aryl methyl sites for hydroxylation is 1. The van der Waals surface area contributed by atoms with Crippen LogP contribution in [0, 0.1) is 0 Å². The molecule has 7 heteroatoms. The molecule has 4 rings (SSSR count). The largest absolute Gasteiger partial charge is 0.331 e. The van der Waals surface area contributed by atoms with Crippen molar-refractivity contribution >= 4 is 17.4 Å². The van der Waals surface area contributed by atoms with E-state index in [2.05, 4.69) is 15.4 Å². The molecule has 1 amide bonds. The molecule has 0 bridgehead atoms. The topological polar surface area (TPSA) is 81.8 Å². The summed E-state index contributed by atoms with van der Waals surface area (Å²) in [5.41, 5.74) is 2.41. The number of imidazole rings is 1. The fraction of sp³-hybridized carbons (Fsp3) is 0.0476. The minimum Gasteiger partial charge on any atom is -0.331 e. The zero-order chi connectivity index (χ0) is 19.5. The molecule has 0 spiro atoms. The fourth-order valence-corrected chi connectivity index (χ4v) is 2.78. The Labute approximate surface area is 161 Å². The Hall–Kier alpha value is -4.00. The van der Waals surface area contributed by atoms with Crippen molar-refractivity contribution < 1.29 is 9.59 Å². The first-order valence-electron chi connectivity index (χ1n) is 8.65. The van der Waals surface area contributed by atoms with Crippen molar-refractivity contribution in [2.45, 2.75) is 0 Å². The van der Waals surface area contributed by atoms with Crippen LogP contribution in [0.2, 0.25) is 0 Å². The molecule has 2 aromatic heterocycles. The standard InChI is InChI=1S/C21H17N5O2/c1-25-12-11-22-20(25)19(27)15-7-9-17(10-8-15)24-21(28)16-13-23-26(14-16)18-5-3-2-4-6-18/h2-14H,1H3,(H,24,28). The molecule has 0 aliphatic heterocycles. The van der Waals surface area contributed by atoms with Gasteiger partial charge in [0.05, 0.1) is 17.4 Å². The first-order valence-corrected chi connectivity index (χ1v) is 8.65. The van der Waals surface area contributed by atoms with Crippen molar-refractivity contribution in [1.82, 2.24) is 19.3 Å². The first-order chi connectivity index (χ1) is 13.6. The molecule has 2 heterocycles. The van der Waals surface area contributed by atoms with Crippen LogP contribution in [0.1, 0.15) is 26.5 Å². The molecule has 0 saturated carbocycles. The molecule has 0 aliphatic carbocycles. The van der Waals surface area contributed by atoms with Gasteiger partial charge in [0.1, 0.15) is 0 Å². The van der Waals surface area contributed by atoms with Crippen LogP contribution in [0.5, 0.6) is 0 Å². The Morgan fingerprint density at radius 2 is 1.71 bits per heavy atom. The van der Waals surface area contributed by atoms with E-state index >= 15 is 0 Å². The second kappa shape index (κ2) is 7.32. The number of carbonyl (C=O) groups excluding carboxylic acids is 2. The number of anilines is 1. The maximum atomic E-state index is 12.5. The Morgan fingerprint density at radius 1 is 0.964 bits per heavy atom. The minimum absolute atomic E-state index is 0.172. The first kappa shape index (κ1) is 17.4. The number of hydrogen-bond donors (Lipinski definition) is 1. The molecule has 28 heavy (non-hydrogen) atoms. The summed E-state index contributed by atoms with van der Waals surface area (Å²) in [5.74, 6) is -0.0787. The number of nitrogens with one attached hydrogen (secondary N) is 1. The Balaban J connectivity index is 1.46. The van der Waals surface area contributed by atoms with Gasteiger partial charge < -0.3 is 9.88 Å². The molecule has 4 aromatic rings. The molecular weight excluding hydrogens is 354 g/mol. The van der Waals surface area contributed by atoms with Crippen LogP contribution in [-0.2, 0) is 7.05 Å². The molecular formula is C21H17N5O2. The summed E-state index contributed by atoms with van der Waals surface area (Å²) in [6.07, 6.45) is 6.49. The minimum atomic E-state index is -0.273. The third-order valence-corrected chi connectivity index (χ3v) is 4.29. The Kier molecular flexibility index (Phi) is 4.55. The fourth-order valence-electron chi connectivity index (χ4n) is 2.78. The average molecular weight is 371 g/mol. The van der Waals surface area contributed by atoms with E-state index in [0.29, 0.717) is 22.6 Å². The average Bonchev–Trinajstić information content (AvgIpc) is 3.38. The molecule has 1 N–H and O–H groups in total. The second-order valence-corrected chi connectivity index (χ2v) is 6.23. The van der Waals surface area contributed by atoms with Crippen LogP contribution in [0.3, 0.4) is 0 Å². The van der Waals surface area contributed by atoms with E-state index in [4.69, 9.17) is 0 Å². The summed E-state index contributed by atoms with van der Waals surface area (Å²) < 4.78 is 3.31. The van der Waals surface area contributed by atoms with Crippen LogP contribution in [0.15, 0.2) is 79.4 Å². The maximum Gasteiger partial charge on any atom is 0.258 e. The molecule has 7 nitrogen and oxygen atoms in total. The SMILES string of the molecule is Cn1ccnc1C(=O)c1ccc(NC(=O)c2cnn(-c3ccccc3)c2)cc1. The molecule has 138 valence electrons. The second-order valence-electron chi connectivity index (χ2n) is 6.23. The number of para-hydroxylation sites is 1. The van der Waals surface area contributed by atoms with Gasteiger partial charge in [-0.15, -0.1) is 0 Å². The van der Waals surface area contributed by atoms with Crippen LogP contribution in [0.4, 0.5) is 5.69 Å².